The molecule has 0 heterocycles. The third-order valence-electron chi connectivity index (χ3n) is 3.58. The van der Waals surface area contributed by atoms with Crippen LogP contribution in [-0.2, 0) is 0 Å². The van der Waals surface area contributed by atoms with Crippen molar-refractivity contribution in [1.29, 1.82) is 0 Å². The summed E-state index contributed by atoms with van der Waals surface area (Å²) < 4.78 is 1.08. The molecule has 112 valence electrons. The first-order valence-corrected chi connectivity index (χ1v) is 8.30. The monoisotopic (exact) mass is 346 g/mol. The van der Waals surface area contributed by atoms with Crippen molar-refractivity contribution in [2.45, 2.75) is 32.7 Å². The van der Waals surface area contributed by atoms with Crippen LogP contribution in [0.2, 0.25) is 0 Å². The molecule has 0 bridgehead atoms. The number of benzene rings is 2. The molecule has 2 rings (SSSR count). The van der Waals surface area contributed by atoms with Crippen LogP contribution in [0.5, 0.6) is 0 Å². The number of anilines is 2. The number of unbranched alkanes of at least 4 members (excludes halogenated alkanes) is 1. The number of para-hydroxylation sites is 1. The van der Waals surface area contributed by atoms with Gasteiger partial charge in [0.25, 0.3) is 0 Å². The minimum atomic E-state index is 0.0148. The Bertz CT molecular complexity index is 567. The average Bonchev–Trinajstić information content (AvgIpc) is 2.48. The van der Waals surface area contributed by atoms with Gasteiger partial charge in [-0.05, 0) is 43.2 Å². The summed E-state index contributed by atoms with van der Waals surface area (Å²) in [5, 5.41) is 0. The summed E-state index contributed by atoms with van der Waals surface area (Å²) in [5.41, 5.74) is 9.75. The van der Waals surface area contributed by atoms with Gasteiger partial charge in [-0.15, -0.1) is 0 Å². The van der Waals surface area contributed by atoms with E-state index < -0.39 is 0 Å². The van der Waals surface area contributed by atoms with Gasteiger partial charge in [0.05, 0.1) is 0 Å². The molecule has 2 aromatic carbocycles. The molecule has 21 heavy (non-hydrogen) atoms. The maximum absolute atomic E-state index is 6.17. The Morgan fingerprint density at radius 2 is 1.86 bits per heavy atom. The summed E-state index contributed by atoms with van der Waals surface area (Å²) in [6, 6.07) is 16.9. The molecular weight excluding hydrogens is 324 g/mol. The highest BCUT2D eigenvalue weighted by atomic mass is 79.9. The molecule has 3 heteroatoms. The summed E-state index contributed by atoms with van der Waals surface area (Å²) in [6.45, 7) is 5.25. The number of hydrogen-bond acceptors (Lipinski definition) is 2. The summed E-state index contributed by atoms with van der Waals surface area (Å²) in [7, 11) is 0. The van der Waals surface area contributed by atoms with Crippen LogP contribution < -0.4 is 10.6 Å². The van der Waals surface area contributed by atoms with E-state index in [1.807, 2.05) is 6.92 Å². The van der Waals surface area contributed by atoms with Crippen molar-refractivity contribution in [2.24, 2.45) is 5.73 Å². The van der Waals surface area contributed by atoms with Crippen molar-refractivity contribution in [3.8, 4) is 0 Å². The number of hydrogen-bond donors (Lipinski definition) is 1. The summed E-state index contributed by atoms with van der Waals surface area (Å²) >= 11 is 3.59. The highest BCUT2D eigenvalue weighted by Gasteiger charge is 2.15. The van der Waals surface area contributed by atoms with E-state index in [-0.39, 0.29) is 6.04 Å². The maximum atomic E-state index is 6.17. The van der Waals surface area contributed by atoms with Crippen LogP contribution in [0.15, 0.2) is 53.0 Å². The number of halogens is 1. The van der Waals surface area contributed by atoms with Crippen LogP contribution in [0.1, 0.15) is 38.3 Å². The van der Waals surface area contributed by atoms with Gasteiger partial charge >= 0.3 is 0 Å². The predicted molar refractivity (Wildman–Crippen MR) is 95.1 cm³/mol. The van der Waals surface area contributed by atoms with Gasteiger partial charge in [-0.25, -0.2) is 0 Å². The lowest BCUT2D eigenvalue weighted by Crippen LogP contribution is -2.21. The minimum Gasteiger partial charge on any atom is -0.341 e. The van der Waals surface area contributed by atoms with Gasteiger partial charge in [0, 0.05) is 28.4 Å². The zero-order chi connectivity index (χ0) is 15.2. The molecule has 0 saturated heterocycles. The first-order chi connectivity index (χ1) is 10.1. The molecule has 0 aliphatic heterocycles. The zero-order valence-corrected chi connectivity index (χ0v) is 14.3. The van der Waals surface area contributed by atoms with Crippen molar-refractivity contribution in [1.82, 2.24) is 0 Å². The van der Waals surface area contributed by atoms with Crippen LogP contribution in [-0.4, -0.2) is 6.54 Å². The maximum Gasteiger partial charge on any atom is 0.0470 e. The number of rotatable bonds is 6. The molecule has 2 nitrogen and oxygen atoms in total. The summed E-state index contributed by atoms with van der Waals surface area (Å²) in [5.74, 6) is 0. The lowest BCUT2D eigenvalue weighted by molar-refractivity contribution is 0.768. The quantitative estimate of drug-likeness (QED) is 0.757. The molecule has 0 spiro atoms. The molecule has 2 N–H and O–H groups in total. The number of nitrogens with two attached hydrogens (primary N) is 1. The third kappa shape index (κ3) is 4.08. The van der Waals surface area contributed by atoms with Crippen molar-refractivity contribution in [2.75, 3.05) is 11.4 Å². The van der Waals surface area contributed by atoms with Gasteiger partial charge in [0.15, 0.2) is 0 Å². The Morgan fingerprint density at radius 3 is 2.48 bits per heavy atom. The van der Waals surface area contributed by atoms with Gasteiger partial charge in [-0.1, -0.05) is 53.5 Å². The van der Waals surface area contributed by atoms with E-state index in [4.69, 9.17) is 5.73 Å². The van der Waals surface area contributed by atoms with Crippen LogP contribution >= 0.6 is 15.9 Å². The second-order valence-corrected chi connectivity index (χ2v) is 6.25. The Labute approximate surface area is 136 Å². The molecule has 1 atom stereocenters. The highest BCUT2D eigenvalue weighted by Crippen LogP contribution is 2.34. The lowest BCUT2D eigenvalue weighted by atomic mass is 10.0. The predicted octanol–water partition coefficient (Wildman–Crippen LogP) is 5.41. The molecule has 0 fully saturated rings. The van der Waals surface area contributed by atoms with Crippen LogP contribution in [0, 0.1) is 0 Å². The molecule has 0 saturated carbocycles. The van der Waals surface area contributed by atoms with Gasteiger partial charge in [-0.2, -0.15) is 0 Å². The van der Waals surface area contributed by atoms with Crippen LogP contribution in [0.25, 0.3) is 0 Å². The first-order valence-electron chi connectivity index (χ1n) is 7.51. The second kappa shape index (κ2) is 7.62. The van der Waals surface area contributed by atoms with Crippen molar-refractivity contribution < 1.29 is 0 Å². The van der Waals surface area contributed by atoms with E-state index in [0.717, 1.165) is 17.4 Å². The Hall–Kier alpha value is -1.32. The van der Waals surface area contributed by atoms with E-state index in [2.05, 4.69) is 76.3 Å². The largest absolute Gasteiger partial charge is 0.341 e. The SMILES string of the molecule is CCCCN(c1ccccc1)c1cc(Br)ccc1C(C)N. The van der Waals surface area contributed by atoms with Crippen LogP contribution in [0.4, 0.5) is 11.4 Å². The van der Waals surface area contributed by atoms with Gasteiger partial charge in [-0.3, -0.25) is 0 Å². The zero-order valence-electron chi connectivity index (χ0n) is 12.7. The van der Waals surface area contributed by atoms with E-state index in [1.54, 1.807) is 0 Å². The summed E-state index contributed by atoms with van der Waals surface area (Å²) in [4.78, 5) is 2.37. The molecule has 1 unspecified atom stereocenters. The van der Waals surface area contributed by atoms with Crippen molar-refractivity contribution >= 4 is 27.3 Å². The Kier molecular flexibility index (Phi) is 5.83. The fraction of sp³-hybridized carbons (Fsp3) is 0.333. The second-order valence-electron chi connectivity index (χ2n) is 5.33. The van der Waals surface area contributed by atoms with Gasteiger partial charge in [0.2, 0.25) is 0 Å². The van der Waals surface area contributed by atoms with Crippen molar-refractivity contribution in [3.05, 3.63) is 58.6 Å². The van der Waals surface area contributed by atoms with E-state index in [9.17, 15) is 0 Å². The Balaban J connectivity index is 2.48. The lowest BCUT2D eigenvalue weighted by Gasteiger charge is -2.28. The van der Waals surface area contributed by atoms with E-state index >= 15 is 0 Å². The normalized spacial score (nSPS) is 12.2. The molecule has 0 aromatic heterocycles. The molecule has 0 aliphatic carbocycles. The third-order valence-corrected chi connectivity index (χ3v) is 4.07. The van der Waals surface area contributed by atoms with E-state index in [0.29, 0.717) is 0 Å². The molecule has 0 amide bonds. The van der Waals surface area contributed by atoms with Crippen LogP contribution in [0.3, 0.4) is 0 Å². The molecule has 0 aliphatic rings. The standard InChI is InChI=1S/C18H23BrN2/c1-3-4-12-21(16-8-6-5-7-9-16)18-13-15(19)10-11-17(18)14(2)20/h5-11,13-14H,3-4,12,20H2,1-2H3. The minimum absolute atomic E-state index is 0.0148. The smallest absolute Gasteiger partial charge is 0.0470 e. The van der Waals surface area contributed by atoms with Crippen molar-refractivity contribution in [3.63, 3.8) is 0 Å². The fourth-order valence-corrected chi connectivity index (χ4v) is 2.80. The molecule has 0 radical (unpaired) electrons. The van der Waals surface area contributed by atoms with Gasteiger partial charge in [0.1, 0.15) is 0 Å². The van der Waals surface area contributed by atoms with Gasteiger partial charge < -0.3 is 10.6 Å². The molecule has 2 aromatic rings. The highest BCUT2D eigenvalue weighted by molar-refractivity contribution is 9.10. The summed E-state index contributed by atoms with van der Waals surface area (Å²) in [6.07, 6.45) is 2.32. The number of nitrogens with zero attached hydrogens (tertiary/aromatic N) is 1. The average molecular weight is 347 g/mol. The molecular formula is C18H23BrN2. The Morgan fingerprint density at radius 1 is 1.14 bits per heavy atom. The fourth-order valence-electron chi connectivity index (χ4n) is 2.45. The first kappa shape index (κ1) is 16.1. The topological polar surface area (TPSA) is 29.3 Å². The van der Waals surface area contributed by atoms with E-state index in [1.165, 1.54) is 23.4 Å².